The minimum Gasteiger partial charge on any atom is -0.456 e. The van der Waals surface area contributed by atoms with E-state index in [9.17, 15) is 106 Å². The normalized spacial score (nSPS) is 16.2. The van der Waals surface area contributed by atoms with Crippen molar-refractivity contribution in [3.05, 3.63) is 12.7 Å². The molecule has 0 fully saturated rings. The number of hydrogen-bond donors (Lipinski definition) is 0. The van der Waals surface area contributed by atoms with E-state index in [1.54, 1.807) is 0 Å². The molecule has 0 heterocycles. The Balaban J connectivity index is 7.10. The lowest BCUT2D eigenvalue weighted by molar-refractivity contribution is -0.478. The number of hydrogen-bond acceptors (Lipinski definition) is 2. The van der Waals surface area contributed by atoms with Crippen LogP contribution in [0.1, 0.15) is 0 Å². The van der Waals surface area contributed by atoms with Crippen LogP contribution in [-0.4, -0.2) is 78.0 Å². The molecule has 0 saturated heterocycles. The minimum absolute atomic E-state index is 0.212. The van der Waals surface area contributed by atoms with Gasteiger partial charge < -0.3 is 4.74 Å². The summed E-state index contributed by atoms with van der Waals surface area (Å²) in [5, 5.41) is 0. The fraction of sp³-hybridized carbons (Fsp3) is 0.800. The van der Waals surface area contributed by atoms with Crippen LogP contribution >= 0.6 is 0 Å². The zero-order valence-corrected chi connectivity index (χ0v) is 17.5. The molecule has 0 aliphatic heterocycles. The van der Waals surface area contributed by atoms with Crippen molar-refractivity contribution in [3.63, 3.8) is 0 Å². The molecule has 0 amide bonds. The van der Waals surface area contributed by atoms with Crippen LogP contribution in [-0.2, 0) is 9.53 Å². The third kappa shape index (κ3) is 4.66. The first kappa shape index (κ1) is 37.6. The number of carbonyl (C=O) groups is 1. The molecule has 0 rings (SSSR count). The Labute approximate surface area is 202 Å². The van der Waals surface area contributed by atoms with E-state index >= 15 is 0 Å². The third-order valence-electron chi connectivity index (χ3n) is 4.53. The summed E-state index contributed by atoms with van der Waals surface area (Å²) in [6.07, 6.45) is -8.33. The Kier molecular flexibility index (Phi) is 9.00. The summed E-state index contributed by atoms with van der Waals surface area (Å²) < 4.78 is 306. The van der Waals surface area contributed by atoms with Crippen LogP contribution in [0.15, 0.2) is 12.7 Å². The highest BCUT2D eigenvalue weighted by Crippen LogP contribution is 2.67. The van der Waals surface area contributed by atoms with Crippen molar-refractivity contribution in [2.45, 2.75) is 65.4 Å². The summed E-state index contributed by atoms with van der Waals surface area (Å²) in [5.74, 6) is -90.8. The second kappa shape index (κ2) is 9.58. The second-order valence-corrected chi connectivity index (χ2v) is 7.18. The maximum Gasteiger partial charge on any atom is 0.460 e. The summed E-state index contributed by atoms with van der Waals surface area (Å²) in [4.78, 5) is 10.5. The molecule has 238 valence electrons. The average Bonchev–Trinajstić information content (AvgIpc) is 2.75. The van der Waals surface area contributed by atoms with Crippen molar-refractivity contribution in [1.82, 2.24) is 0 Å². The molecule has 2 nitrogen and oxygen atoms in total. The molecule has 0 saturated carbocycles. The topological polar surface area (TPSA) is 26.3 Å². The van der Waals surface area contributed by atoms with Gasteiger partial charge >= 0.3 is 71.4 Å². The largest absolute Gasteiger partial charge is 0.460 e. The molecule has 0 spiro atoms. The van der Waals surface area contributed by atoms with Crippen LogP contribution in [0.3, 0.4) is 0 Å². The molecule has 0 N–H and O–H groups in total. The van der Waals surface area contributed by atoms with Crippen molar-refractivity contribution in [2.75, 3.05) is 6.61 Å². The van der Waals surface area contributed by atoms with Gasteiger partial charge in [0.15, 0.2) is 6.61 Å². The standard InChI is InChI=1S/C15H5F23O2/c1-2-4(39)40-3-5(16,17)6(18,19)7(20,21)8(22,23)9(24,25)10(26,27)11(28,29)12(30,31)13(32,33)14(34,35)15(36,37)38/h2H,1,3H2. The zero-order valence-electron chi connectivity index (χ0n) is 17.5. The smallest absolute Gasteiger partial charge is 0.456 e. The number of ether oxygens (including phenoxy) is 1. The maximum atomic E-state index is 13.6. The molecule has 0 unspecified atom stereocenters. The van der Waals surface area contributed by atoms with Gasteiger partial charge in [0, 0.05) is 6.08 Å². The molecule has 0 aromatic carbocycles. The Morgan fingerprint density at radius 2 is 0.675 bits per heavy atom. The van der Waals surface area contributed by atoms with E-state index in [1.807, 2.05) is 0 Å². The number of alkyl halides is 23. The van der Waals surface area contributed by atoms with Crippen LogP contribution in [0.2, 0.25) is 0 Å². The molecule has 0 atom stereocenters. The van der Waals surface area contributed by atoms with E-state index in [0.717, 1.165) is 0 Å². The number of esters is 1. The molecule has 0 aromatic heterocycles. The number of rotatable bonds is 12. The molecule has 25 heteroatoms. The Morgan fingerprint density at radius 3 is 0.900 bits per heavy atom. The van der Waals surface area contributed by atoms with E-state index in [4.69, 9.17) is 0 Å². The molecule has 0 aliphatic carbocycles. The Morgan fingerprint density at radius 1 is 0.450 bits per heavy atom. The van der Waals surface area contributed by atoms with E-state index in [-0.39, 0.29) is 6.08 Å². The highest BCUT2D eigenvalue weighted by molar-refractivity contribution is 5.81. The van der Waals surface area contributed by atoms with Gasteiger partial charge in [0.05, 0.1) is 0 Å². The van der Waals surface area contributed by atoms with Gasteiger partial charge in [-0.05, 0) is 0 Å². The third-order valence-corrected chi connectivity index (χ3v) is 4.53. The first-order valence-corrected chi connectivity index (χ1v) is 8.59. The summed E-state index contributed by atoms with van der Waals surface area (Å²) in [5.41, 5.74) is 0. The SMILES string of the molecule is C=CC(=O)OCC(F)(F)C(F)(F)C(F)(F)C(F)(F)C(F)(F)C(F)(F)C(F)(F)C(F)(F)C(F)(F)C(F)(F)C(F)(F)F. The van der Waals surface area contributed by atoms with Gasteiger partial charge in [-0.15, -0.1) is 0 Å². The predicted molar refractivity (Wildman–Crippen MR) is 76.7 cm³/mol. The summed E-state index contributed by atoms with van der Waals surface area (Å²) in [6, 6.07) is 0. The second-order valence-electron chi connectivity index (χ2n) is 7.18. The summed E-state index contributed by atoms with van der Waals surface area (Å²) in [6.45, 7) is -1.12. The Bertz CT molecular complexity index is 958. The van der Waals surface area contributed by atoms with E-state index in [0.29, 0.717) is 0 Å². The van der Waals surface area contributed by atoms with Gasteiger partial charge in [-0.3, -0.25) is 0 Å². The highest BCUT2D eigenvalue weighted by atomic mass is 19.4. The van der Waals surface area contributed by atoms with Crippen LogP contribution < -0.4 is 0 Å². The fourth-order valence-electron chi connectivity index (χ4n) is 2.10. The lowest BCUT2D eigenvalue weighted by atomic mass is 9.85. The summed E-state index contributed by atoms with van der Waals surface area (Å²) in [7, 11) is 0. The molecular formula is C15H5F23O2. The Hall–Kier alpha value is -2.40. The predicted octanol–water partition coefficient (Wildman–Crippen LogP) is 7.63. The van der Waals surface area contributed by atoms with Gasteiger partial charge in [0.25, 0.3) is 0 Å². The van der Waals surface area contributed by atoms with Crippen LogP contribution in [0.25, 0.3) is 0 Å². The monoisotopic (exact) mass is 654 g/mol. The molecule has 0 bridgehead atoms. The van der Waals surface area contributed by atoms with Crippen molar-refractivity contribution < 1.29 is 111 Å². The van der Waals surface area contributed by atoms with Crippen LogP contribution in [0, 0.1) is 0 Å². The van der Waals surface area contributed by atoms with E-state index < -0.39 is 78.0 Å². The summed E-state index contributed by atoms with van der Waals surface area (Å²) >= 11 is 0. The molecule has 0 aromatic rings. The number of carbonyl (C=O) groups excluding carboxylic acids is 1. The maximum absolute atomic E-state index is 13.6. The molecule has 0 radical (unpaired) electrons. The van der Waals surface area contributed by atoms with Crippen molar-refractivity contribution >= 4 is 5.97 Å². The zero-order chi connectivity index (χ0) is 33.2. The van der Waals surface area contributed by atoms with E-state index in [1.165, 1.54) is 0 Å². The van der Waals surface area contributed by atoms with Gasteiger partial charge in [0.2, 0.25) is 0 Å². The minimum atomic E-state index is -9.46. The fourth-order valence-corrected chi connectivity index (χ4v) is 2.10. The van der Waals surface area contributed by atoms with Crippen molar-refractivity contribution in [2.24, 2.45) is 0 Å². The van der Waals surface area contributed by atoms with Crippen LogP contribution in [0.4, 0.5) is 101 Å². The molecule has 0 aliphatic rings. The van der Waals surface area contributed by atoms with Gasteiger partial charge in [-0.25, -0.2) is 4.79 Å². The van der Waals surface area contributed by atoms with Crippen molar-refractivity contribution in [1.29, 1.82) is 0 Å². The lowest BCUT2D eigenvalue weighted by Crippen LogP contribution is -2.77. The van der Waals surface area contributed by atoms with Gasteiger partial charge in [-0.2, -0.15) is 101 Å². The highest BCUT2D eigenvalue weighted by Gasteiger charge is 2.98. The first-order valence-electron chi connectivity index (χ1n) is 8.59. The number of halogens is 23. The quantitative estimate of drug-likeness (QED) is 0.123. The van der Waals surface area contributed by atoms with E-state index in [2.05, 4.69) is 11.3 Å². The molecule has 40 heavy (non-hydrogen) atoms. The lowest BCUT2D eigenvalue weighted by Gasteiger charge is -2.45. The van der Waals surface area contributed by atoms with Gasteiger partial charge in [0.1, 0.15) is 0 Å². The first-order chi connectivity index (χ1) is 17.0. The van der Waals surface area contributed by atoms with Crippen molar-refractivity contribution in [3.8, 4) is 0 Å². The molecular weight excluding hydrogens is 649 g/mol. The average molecular weight is 654 g/mol. The van der Waals surface area contributed by atoms with Crippen LogP contribution in [0.5, 0.6) is 0 Å². The van der Waals surface area contributed by atoms with Gasteiger partial charge in [-0.1, -0.05) is 6.58 Å².